The molecule has 2 rings (SSSR count). The molecule has 1 heterocycles. The molecule has 14 heavy (non-hydrogen) atoms. The first-order valence-corrected chi connectivity index (χ1v) is 5.85. The summed E-state index contributed by atoms with van der Waals surface area (Å²) in [5, 5.41) is 3.37. The predicted molar refractivity (Wildman–Crippen MR) is 59.7 cm³/mol. The van der Waals surface area contributed by atoms with E-state index in [0.29, 0.717) is 5.02 Å². The summed E-state index contributed by atoms with van der Waals surface area (Å²) in [5.74, 6) is 1.01. The minimum Gasteiger partial charge on any atom is -0.354 e. The largest absolute Gasteiger partial charge is 0.354 e. The van der Waals surface area contributed by atoms with Gasteiger partial charge in [-0.25, -0.2) is 0 Å². The third-order valence-electron chi connectivity index (χ3n) is 2.11. The Morgan fingerprint density at radius 1 is 1.43 bits per heavy atom. The summed E-state index contributed by atoms with van der Waals surface area (Å²) in [6.45, 7) is 0.754. The van der Waals surface area contributed by atoms with E-state index in [9.17, 15) is 4.79 Å². The fourth-order valence-electron chi connectivity index (χ4n) is 1.44. The van der Waals surface area contributed by atoms with Crippen molar-refractivity contribution >= 4 is 29.3 Å². The maximum absolute atomic E-state index is 11.6. The Kier molecular flexibility index (Phi) is 2.99. The number of carbonyl (C=O) groups is 1. The topological polar surface area (TPSA) is 29.1 Å². The minimum atomic E-state index is -0.141. The number of benzene rings is 1. The molecule has 0 saturated carbocycles. The Balaban J connectivity index is 2.29. The molecule has 0 unspecified atom stereocenters. The van der Waals surface area contributed by atoms with Crippen LogP contribution in [0, 0.1) is 0 Å². The quantitative estimate of drug-likeness (QED) is 0.798. The minimum absolute atomic E-state index is 0.0642. The Morgan fingerprint density at radius 2 is 2.21 bits per heavy atom. The van der Waals surface area contributed by atoms with E-state index >= 15 is 0 Å². The molecule has 74 valence electrons. The smallest absolute Gasteiger partial charge is 0.237 e. The first-order valence-electron chi connectivity index (χ1n) is 4.43. The SMILES string of the molecule is O=C1NCCS[C@@H]1c1ccccc1Cl. The zero-order chi connectivity index (χ0) is 9.97. The maximum atomic E-state index is 11.6. The highest BCUT2D eigenvalue weighted by molar-refractivity contribution is 8.00. The van der Waals surface area contributed by atoms with Gasteiger partial charge in [0.05, 0.1) is 0 Å². The zero-order valence-corrected chi connectivity index (χ0v) is 9.07. The van der Waals surface area contributed by atoms with Gasteiger partial charge in [0.2, 0.25) is 5.91 Å². The number of halogens is 1. The Labute approximate surface area is 92.0 Å². The van der Waals surface area contributed by atoms with Crippen molar-refractivity contribution < 1.29 is 4.79 Å². The summed E-state index contributed by atoms with van der Waals surface area (Å²) in [6.07, 6.45) is 0. The molecular weight excluding hydrogens is 218 g/mol. The van der Waals surface area contributed by atoms with Crippen LogP contribution in [0.5, 0.6) is 0 Å². The Hall–Kier alpha value is -0.670. The van der Waals surface area contributed by atoms with Crippen LogP contribution in [-0.2, 0) is 4.79 Å². The number of hydrogen-bond acceptors (Lipinski definition) is 2. The molecule has 4 heteroatoms. The fourth-order valence-corrected chi connectivity index (χ4v) is 2.82. The van der Waals surface area contributed by atoms with Gasteiger partial charge in [-0.3, -0.25) is 4.79 Å². The van der Waals surface area contributed by atoms with Gasteiger partial charge in [-0.15, -0.1) is 11.8 Å². The second-order valence-electron chi connectivity index (χ2n) is 3.06. The van der Waals surface area contributed by atoms with Crippen molar-refractivity contribution in [3.63, 3.8) is 0 Å². The van der Waals surface area contributed by atoms with Gasteiger partial charge in [0.25, 0.3) is 0 Å². The molecule has 2 nitrogen and oxygen atoms in total. The summed E-state index contributed by atoms with van der Waals surface area (Å²) < 4.78 is 0. The number of rotatable bonds is 1. The van der Waals surface area contributed by atoms with Gasteiger partial charge in [0.15, 0.2) is 0 Å². The van der Waals surface area contributed by atoms with E-state index in [1.165, 1.54) is 0 Å². The monoisotopic (exact) mass is 227 g/mol. The van der Waals surface area contributed by atoms with Crippen LogP contribution in [0.3, 0.4) is 0 Å². The van der Waals surface area contributed by atoms with E-state index in [1.54, 1.807) is 11.8 Å². The number of thioether (sulfide) groups is 1. The van der Waals surface area contributed by atoms with Crippen LogP contribution in [0.4, 0.5) is 0 Å². The summed E-state index contributed by atoms with van der Waals surface area (Å²) in [4.78, 5) is 11.6. The molecule has 1 aliphatic heterocycles. The molecule has 1 aliphatic rings. The van der Waals surface area contributed by atoms with Crippen LogP contribution in [-0.4, -0.2) is 18.2 Å². The molecule has 1 fully saturated rings. The van der Waals surface area contributed by atoms with Gasteiger partial charge < -0.3 is 5.32 Å². The van der Waals surface area contributed by atoms with Gasteiger partial charge in [-0.2, -0.15) is 0 Å². The zero-order valence-electron chi connectivity index (χ0n) is 7.50. The third kappa shape index (κ3) is 1.88. The molecular formula is C10H10ClNOS. The third-order valence-corrected chi connectivity index (χ3v) is 3.70. The maximum Gasteiger partial charge on any atom is 0.237 e. The molecule has 0 radical (unpaired) electrons. The molecule has 0 spiro atoms. The van der Waals surface area contributed by atoms with Crippen molar-refractivity contribution in [1.29, 1.82) is 0 Å². The van der Waals surface area contributed by atoms with Crippen molar-refractivity contribution in [2.24, 2.45) is 0 Å². The average Bonchev–Trinajstić information content (AvgIpc) is 2.20. The van der Waals surface area contributed by atoms with Gasteiger partial charge in [0, 0.05) is 17.3 Å². The van der Waals surface area contributed by atoms with Gasteiger partial charge in [0.1, 0.15) is 5.25 Å². The van der Waals surface area contributed by atoms with Crippen LogP contribution in [0.1, 0.15) is 10.8 Å². The van der Waals surface area contributed by atoms with Crippen molar-refractivity contribution in [3.05, 3.63) is 34.9 Å². The van der Waals surface area contributed by atoms with E-state index in [1.807, 2.05) is 24.3 Å². The summed E-state index contributed by atoms with van der Waals surface area (Å²) in [5.41, 5.74) is 0.913. The summed E-state index contributed by atoms with van der Waals surface area (Å²) in [6, 6.07) is 7.51. The normalized spacial score (nSPS) is 21.8. The van der Waals surface area contributed by atoms with Gasteiger partial charge in [-0.05, 0) is 11.6 Å². The van der Waals surface area contributed by atoms with Crippen LogP contribution >= 0.6 is 23.4 Å². The van der Waals surface area contributed by atoms with Gasteiger partial charge in [-0.1, -0.05) is 29.8 Å². The van der Waals surface area contributed by atoms with E-state index in [0.717, 1.165) is 17.9 Å². The molecule has 0 bridgehead atoms. The van der Waals surface area contributed by atoms with Crippen molar-refractivity contribution in [2.45, 2.75) is 5.25 Å². The highest BCUT2D eigenvalue weighted by atomic mass is 35.5. The molecule has 0 aromatic heterocycles. The summed E-state index contributed by atoms with van der Waals surface area (Å²) >= 11 is 7.67. The molecule has 1 aromatic carbocycles. The van der Waals surface area contributed by atoms with Crippen molar-refractivity contribution in [1.82, 2.24) is 5.32 Å². The lowest BCUT2D eigenvalue weighted by atomic mass is 10.1. The first kappa shape index (κ1) is 9.87. The molecule has 1 atom stereocenters. The number of carbonyl (C=O) groups excluding carboxylic acids is 1. The lowest BCUT2D eigenvalue weighted by Gasteiger charge is -2.22. The molecule has 1 saturated heterocycles. The van der Waals surface area contributed by atoms with E-state index < -0.39 is 0 Å². The van der Waals surface area contributed by atoms with E-state index in [4.69, 9.17) is 11.6 Å². The van der Waals surface area contributed by atoms with Crippen molar-refractivity contribution in [3.8, 4) is 0 Å². The summed E-state index contributed by atoms with van der Waals surface area (Å²) in [7, 11) is 0. The number of amides is 1. The number of hydrogen-bond donors (Lipinski definition) is 1. The fraction of sp³-hybridized carbons (Fsp3) is 0.300. The number of nitrogens with one attached hydrogen (secondary N) is 1. The average molecular weight is 228 g/mol. The van der Waals surface area contributed by atoms with Crippen LogP contribution in [0.25, 0.3) is 0 Å². The van der Waals surface area contributed by atoms with Crippen LogP contribution < -0.4 is 5.32 Å². The van der Waals surface area contributed by atoms with Crippen LogP contribution in [0.2, 0.25) is 5.02 Å². The van der Waals surface area contributed by atoms with Gasteiger partial charge >= 0.3 is 0 Å². The molecule has 0 aliphatic carbocycles. The van der Waals surface area contributed by atoms with E-state index in [-0.39, 0.29) is 11.2 Å². The van der Waals surface area contributed by atoms with E-state index in [2.05, 4.69) is 5.32 Å². The molecule has 1 N–H and O–H groups in total. The Morgan fingerprint density at radius 3 is 2.93 bits per heavy atom. The first-order chi connectivity index (χ1) is 6.79. The molecule has 1 aromatic rings. The van der Waals surface area contributed by atoms with Crippen LogP contribution in [0.15, 0.2) is 24.3 Å². The highest BCUT2D eigenvalue weighted by Gasteiger charge is 2.25. The standard InChI is InChI=1S/C10H10ClNOS/c11-8-4-2-1-3-7(8)9-10(13)12-5-6-14-9/h1-4,9H,5-6H2,(H,12,13)/t9-/m1/s1. The lowest BCUT2D eigenvalue weighted by molar-refractivity contribution is -0.120. The predicted octanol–water partition coefficient (Wildman–Crippen LogP) is 2.24. The Bertz CT molecular complexity index is 356. The molecule has 1 amide bonds. The van der Waals surface area contributed by atoms with Crippen molar-refractivity contribution in [2.75, 3.05) is 12.3 Å². The lowest BCUT2D eigenvalue weighted by Crippen LogP contribution is -2.34. The second-order valence-corrected chi connectivity index (χ2v) is 4.68. The highest BCUT2D eigenvalue weighted by Crippen LogP contribution is 2.34. The second kappa shape index (κ2) is 4.24.